The summed E-state index contributed by atoms with van der Waals surface area (Å²) in [7, 11) is 1.72. The largest absolute Gasteiger partial charge is 0.332 e. The van der Waals surface area contributed by atoms with Gasteiger partial charge in [-0.25, -0.2) is 4.68 Å². The minimum absolute atomic E-state index is 0.0579. The first-order valence-corrected chi connectivity index (χ1v) is 9.50. The number of likely N-dealkylation sites (N-methyl/N-ethyl adjacent to an activating group) is 1. The number of amides is 1. The molecule has 5 heteroatoms. The minimum atomic E-state index is -0.496. The first-order chi connectivity index (χ1) is 13.5. The molecule has 4 rings (SSSR count). The fraction of sp³-hybridized carbons (Fsp3) is 0.261. The second kappa shape index (κ2) is 7.08. The quantitative estimate of drug-likeness (QED) is 0.516. The zero-order valence-electron chi connectivity index (χ0n) is 16.3. The van der Waals surface area contributed by atoms with Crippen LogP contribution in [0.5, 0.6) is 0 Å². The SMILES string of the molecule is Cc1nn(-c2ccccc2)c(C)c1C(=O)C(=O)N(C)[C@@H]1CCc2ccccc21. The number of nitrogens with zero attached hydrogens (tertiary/aromatic N) is 3. The van der Waals surface area contributed by atoms with Gasteiger partial charge in [-0.2, -0.15) is 5.10 Å². The van der Waals surface area contributed by atoms with Crippen molar-refractivity contribution in [2.45, 2.75) is 32.7 Å². The Morgan fingerprint density at radius 1 is 1.04 bits per heavy atom. The van der Waals surface area contributed by atoms with Crippen molar-refractivity contribution in [2.24, 2.45) is 0 Å². The second-order valence-electron chi connectivity index (χ2n) is 7.29. The van der Waals surface area contributed by atoms with Gasteiger partial charge in [-0.3, -0.25) is 9.59 Å². The van der Waals surface area contributed by atoms with Gasteiger partial charge in [0.15, 0.2) is 0 Å². The third-order valence-corrected chi connectivity index (χ3v) is 5.60. The van der Waals surface area contributed by atoms with Crippen molar-refractivity contribution in [2.75, 3.05) is 7.05 Å². The number of hydrogen-bond acceptors (Lipinski definition) is 3. The summed E-state index contributed by atoms with van der Waals surface area (Å²) in [6, 6.07) is 17.7. The van der Waals surface area contributed by atoms with Crippen molar-refractivity contribution in [3.8, 4) is 5.69 Å². The molecule has 1 atom stereocenters. The highest BCUT2D eigenvalue weighted by Crippen LogP contribution is 2.35. The zero-order valence-corrected chi connectivity index (χ0v) is 16.3. The molecule has 142 valence electrons. The Balaban J connectivity index is 1.63. The molecule has 1 aromatic heterocycles. The van der Waals surface area contributed by atoms with Crippen molar-refractivity contribution >= 4 is 11.7 Å². The number of fused-ring (bicyclic) bond motifs is 1. The molecule has 28 heavy (non-hydrogen) atoms. The predicted molar refractivity (Wildman–Crippen MR) is 108 cm³/mol. The Morgan fingerprint density at radius 2 is 1.71 bits per heavy atom. The highest BCUT2D eigenvalue weighted by atomic mass is 16.2. The predicted octanol–water partition coefficient (Wildman–Crippen LogP) is 3.82. The molecule has 0 spiro atoms. The third-order valence-electron chi connectivity index (χ3n) is 5.60. The molecule has 3 aromatic rings. The summed E-state index contributed by atoms with van der Waals surface area (Å²) in [5.74, 6) is -0.982. The molecule has 1 amide bonds. The van der Waals surface area contributed by atoms with Crippen molar-refractivity contribution in [3.63, 3.8) is 0 Å². The minimum Gasteiger partial charge on any atom is -0.332 e. The Morgan fingerprint density at radius 3 is 2.46 bits per heavy atom. The lowest BCUT2D eigenvalue weighted by atomic mass is 10.0. The monoisotopic (exact) mass is 373 g/mol. The van der Waals surface area contributed by atoms with Gasteiger partial charge < -0.3 is 4.90 Å². The van der Waals surface area contributed by atoms with Gasteiger partial charge in [-0.05, 0) is 49.9 Å². The molecule has 0 fully saturated rings. The van der Waals surface area contributed by atoms with E-state index in [4.69, 9.17) is 0 Å². The summed E-state index contributed by atoms with van der Waals surface area (Å²) in [6.45, 7) is 3.61. The van der Waals surface area contributed by atoms with Crippen LogP contribution in [0.3, 0.4) is 0 Å². The van der Waals surface area contributed by atoms with Gasteiger partial charge in [0.2, 0.25) is 0 Å². The topological polar surface area (TPSA) is 55.2 Å². The average Bonchev–Trinajstić information content (AvgIpc) is 3.27. The Hall–Kier alpha value is -3.21. The Kier molecular flexibility index (Phi) is 4.59. The Labute approximate surface area is 164 Å². The lowest BCUT2D eigenvalue weighted by molar-refractivity contribution is -0.127. The molecule has 0 N–H and O–H groups in total. The smallest absolute Gasteiger partial charge is 0.295 e. The molecule has 1 aliphatic rings. The van der Waals surface area contributed by atoms with Crippen molar-refractivity contribution in [1.29, 1.82) is 0 Å². The van der Waals surface area contributed by atoms with Gasteiger partial charge in [-0.1, -0.05) is 42.5 Å². The number of ketones is 1. The number of carbonyl (C=O) groups excluding carboxylic acids is 2. The first-order valence-electron chi connectivity index (χ1n) is 9.50. The number of para-hydroxylation sites is 1. The number of Topliss-reactive ketones (excluding diaryl/α,β-unsaturated/α-hetero) is 1. The van der Waals surface area contributed by atoms with Gasteiger partial charge in [0.1, 0.15) is 0 Å². The van der Waals surface area contributed by atoms with Crippen LogP contribution >= 0.6 is 0 Å². The van der Waals surface area contributed by atoms with E-state index < -0.39 is 11.7 Å². The standard InChI is InChI=1S/C23H23N3O2/c1-15-21(16(2)26(24-15)18-10-5-4-6-11-18)22(27)23(28)25(3)20-14-13-17-9-7-8-12-19(17)20/h4-12,20H,13-14H2,1-3H3/t20-/m1/s1. The number of benzene rings is 2. The fourth-order valence-corrected chi connectivity index (χ4v) is 4.14. The average molecular weight is 373 g/mol. The van der Waals surface area contributed by atoms with Crippen LogP contribution in [-0.4, -0.2) is 33.4 Å². The maximum Gasteiger partial charge on any atom is 0.295 e. The molecular formula is C23H23N3O2. The first kappa shape index (κ1) is 18.2. The summed E-state index contributed by atoms with van der Waals surface area (Å²) >= 11 is 0. The van der Waals surface area contributed by atoms with E-state index in [2.05, 4.69) is 11.2 Å². The van der Waals surface area contributed by atoms with Crippen LogP contribution < -0.4 is 0 Å². The second-order valence-corrected chi connectivity index (χ2v) is 7.29. The van der Waals surface area contributed by atoms with Crippen LogP contribution in [0.25, 0.3) is 5.69 Å². The van der Waals surface area contributed by atoms with E-state index in [9.17, 15) is 9.59 Å². The molecule has 0 saturated carbocycles. The van der Waals surface area contributed by atoms with Gasteiger partial charge in [0.05, 0.1) is 28.7 Å². The van der Waals surface area contributed by atoms with E-state index in [1.807, 2.05) is 55.5 Å². The molecule has 0 radical (unpaired) electrons. The summed E-state index contributed by atoms with van der Waals surface area (Å²) in [5.41, 5.74) is 4.91. The molecular weight excluding hydrogens is 350 g/mol. The van der Waals surface area contributed by atoms with E-state index in [0.717, 1.165) is 24.1 Å². The Bertz CT molecular complexity index is 1050. The van der Waals surface area contributed by atoms with E-state index >= 15 is 0 Å². The lowest BCUT2D eigenvalue weighted by Crippen LogP contribution is -2.36. The molecule has 1 heterocycles. The van der Waals surface area contributed by atoms with Gasteiger partial charge >= 0.3 is 0 Å². The summed E-state index contributed by atoms with van der Waals surface area (Å²) in [6.07, 6.45) is 1.77. The number of rotatable bonds is 4. The molecule has 1 aliphatic carbocycles. The lowest BCUT2D eigenvalue weighted by Gasteiger charge is -2.24. The van der Waals surface area contributed by atoms with Crippen molar-refractivity contribution < 1.29 is 9.59 Å². The fourth-order valence-electron chi connectivity index (χ4n) is 4.14. The number of aromatic nitrogens is 2. The van der Waals surface area contributed by atoms with Crippen molar-refractivity contribution in [1.82, 2.24) is 14.7 Å². The highest BCUT2D eigenvalue weighted by Gasteiger charge is 2.33. The zero-order chi connectivity index (χ0) is 19.8. The summed E-state index contributed by atoms with van der Waals surface area (Å²) in [5, 5.41) is 4.50. The molecule has 2 aromatic carbocycles. The van der Waals surface area contributed by atoms with Crippen LogP contribution in [0.1, 0.15) is 45.3 Å². The van der Waals surface area contributed by atoms with Crippen LogP contribution in [0.15, 0.2) is 54.6 Å². The van der Waals surface area contributed by atoms with Gasteiger partial charge in [0, 0.05) is 7.05 Å². The van der Waals surface area contributed by atoms with Crippen LogP contribution in [-0.2, 0) is 11.2 Å². The summed E-state index contributed by atoms with van der Waals surface area (Å²) < 4.78 is 1.72. The summed E-state index contributed by atoms with van der Waals surface area (Å²) in [4.78, 5) is 27.7. The van der Waals surface area contributed by atoms with Crippen LogP contribution in [0.2, 0.25) is 0 Å². The van der Waals surface area contributed by atoms with E-state index in [-0.39, 0.29) is 6.04 Å². The molecule has 0 unspecified atom stereocenters. The van der Waals surface area contributed by atoms with Crippen LogP contribution in [0.4, 0.5) is 0 Å². The van der Waals surface area contributed by atoms with E-state index in [1.54, 1.807) is 23.6 Å². The van der Waals surface area contributed by atoms with E-state index in [1.165, 1.54) is 5.56 Å². The maximum absolute atomic E-state index is 13.1. The maximum atomic E-state index is 13.1. The molecule has 0 aliphatic heterocycles. The molecule has 5 nitrogen and oxygen atoms in total. The molecule has 0 saturated heterocycles. The van der Waals surface area contributed by atoms with E-state index in [0.29, 0.717) is 17.0 Å². The van der Waals surface area contributed by atoms with Crippen LogP contribution in [0, 0.1) is 13.8 Å². The van der Waals surface area contributed by atoms with Crippen molar-refractivity contribution in [3.05, 3.63) is 82.7 Å². The van der Waals surface area contributed by atoms with Gasteiger partial charge in [0.25, 0.3) is 11.7 Å². The number of aryl methyl sites for hydroxylation is 2. The molecule has 0 bridgehead atoms. The normalized spacial score (nSPS) is 15.3. The highest BCUT2D eigenvalue weighted by molar-refractivity contribution is 6.43. The van der Waals surface area contributed by atoms with Gasteiger partial charge in [-0.15, -0.1) is 0 Å². The number of carbonyl (C=O) groups is 2. The third kappa shape index (κ3) is 2.93. The number of hydrogen-bond donors (Lipinski definition) is 0.